The van der Waals surface area contributed by atoms with Crippen LogP contribution in [0.15, 0.2) is 54.7 Å². The number of nitrogens with one attached hydrogen (secondary N) is 3. The second-order valence-electron chi connectivity index (χ2n) is 5.21. The Morgan fingerprint density at radius 1 is 0.957 bits per heavy atom. The van der Waals surface area contributed by atoms with Crippen LogP contribution in [0.25, 0.3) is 5.57 Å². The Balaban J connectivity index is 1.77. The molecule has 5 heteroatoms. The smallest absolute Gasteiger partial charge is 0.260 e. The van der Waals surface area contributed by atoms with Crippen molar-refractivity contribution < 1.29 is 9.59 Å². The molecule has 1 aliphatic rings. The second kappa shape index (κ2) is 6.36. The maximum absolute atomic E-state index is 12.0. The first-order chi connectivity index (χ1) is 11.2. The van der Waals surface area contributed by atoms with Gasteiger partial charge in [0.1, 0.15) is 0 Å². The Hall–Kier alpha value is -3.08. The van der Waals surface area contributed by atoms with E-state index < -0.39 is 0 Å². The average molecular weight is 307 g/mol. The molecule has 0 unspecified atom stereocenters. The molecule has 2 aromatic rings. The van der Waals surface area contributed by atoms with Gasteiger partial charge >= 0.3 is 0 Å². The zero-order chi connectivity index (χ0) is 16.2. The molecule has 0 aliphatic carbocycles. The summed E-state index contributed by atoms with van der Waals surface area (Å²) in [5, 5.41) is 8.56. The van der Waals surface area contributed by atoms with Crippen molar-refractivity contribution in [2.75, 3.05) is 12.4 Å². The molecule has 1 aliphatic heterocycles. The van der Waals surface area contributed by atoms with E-state index >= 15 is 0 Å². The largest absolute Gasteiger partial charge is 0.388 e. The van der Waals surface area contributed by atoms with Crippen LogP contribution in [0.4, 0.5) is 5.69 Å². The van der Waals surface area contributed by atoms with Gasteiger partial charge in [0.25, 0.3) is 11.8 Å². The number of carbonyl (C=O) groups is 2. The number of benzene rings is 2. The van der Waals surface area contributed by atoms with Crippen LogP contribution in [-0.2, 0) is 11.3 Å². The van der Waals surface area contributed by atoms with E-state index in [1.165, 1.54) is 0 Å². The molecule has 0 spiro atoms. The Morgan fingerprint density at radius 3 is 2.35 bits per heavy atom. The number of fused-ring (bicyclic) bond motifs is 1. The summed E-state index contributed by atoms with van der Waals surface area (Å²) < 4.78 is 0. The molecule has 3 rings (SSSR count). The predicted octanol–water partition coefficient (Wildman–Crippen LogP) is 2.13. The number of anilines is 1. The lowest BCUT2D eigenvalue weighted by molar-refractivity contribution is -0.114. The zero-order valence-corrected chi connectivity index (χ0v) is 12.7. The third kappa shape index (κ3) is 3.08. The fourth-order valence-corrected chi connectivity index (χ4v) is 2.48. The molecule has 0 saturated carbocycles. The lowest BCUT2D eigenvalue weighted by Gasteiger charge is -2.18. The van der Waals surface area contributed by atoms with Crippen molar-refractivity contribution in [3.8, 4) is 0 Å². The molecule has 0 aromatic heterocycles. The highest BCUT2D eigenvalue weighted by Gasteiger charge is 2.26. The lowest BCUT2D eigenvalue weighted by Crippen LogP contribution is -2.36. The summed E-state index contributed by atoms with van der Waals surface area (Å²) in [6.45, 7) is 0.594. The molecule has 0 fully saturated rings. The summed E-state index contributed by atoms with van der Waals surface area (Å²) >= 11 is 0. The van der Waals surface area contributed by atoms with Crippen molar-refractivity contribution in [3.63, 3.8) is 0 Å². The number of hydrogen-bond donors (Lipinski definition) is 3. The van der Waals surface area contributed by atoms with Gasteiger partial charge in [-0.2, -0.15) is 0 Å². The minimum absolute atomic E-state index is 0.356. The van der Waals surface area contributed by atoms with Crippen LogP contribution >= 0.6 is 0 Å². The molecule has 116 valence electrons. The Kier molecular flexibility index (Phi) is 4.10. The molecule has 0 atom stereocenters. The van der Waals surface area contributed by atoms with E-state index in [0.29, 0.717) is 23.2 Å². The van der Waals surface area contributed by atoms with Crippen LogP contribution in [0.2, 0.25) is 0 Å². The van der Waals surface area contributed by atoms with Crippen LogP contribution < -0.4 is 16.0 Å². The third-order valence-electron chi connectivity index (χ3n) is 3.73. The van der Waals surface area contributed by atoms with E-state index in [1.54, 1.807) is 24.4 Å². The first kappa shape index (κ1) is 14.8. The van der Waals surface area contributed by atoms with Crippen LogP contribution in [-0.4, -0.2) is 18.9 Å². The molecule has 3 N–H and O–H groups in total. The van der Waals surface area contributed by atoms with Crippen molar-refractivity contribution in [2.45, 2.75) is 6.54 Å². The number of amides is 2. The standard InChI is InChI=1S/C18H17N3O2/c1-19-13-8-6-12(7-9-13)10-20-11-16-14-4-2-3-5-15(14)17(22)21-18(16)23/h2-9,11,19-20H,10H2,1H3,(H,21,22,23)/b16-11-. The minimum atomic E-state index is -0.383. The van der Waals surface area contributed by atoms with Gasteiger partial charge in [-0.05, 0) is 23.8 Å². The average Bonchev–Trinajstić information content (AvgIpc) is 2.58. The maximum Gasteiger partial charge on any atom is 0.260 e. The lowest BCUT2D eigenvalue weighted by atomic mass is 9.96. The topological polar surface area (TPSA) is 70.2 Å². The van der Waals surface area contributed by atoms with Gasteiger partial charge in [0.2, 0.25) is 0 Å². The molecule has 5 nitrogen and oxygen atoms in total. The molecule has 2 aromatic carbocycles. The van der Waals surface area contributed by atoms with Crippen molar-refractivity contribution in [1.29, 1.82) is 0 Å². The summed E-state index contributed by atoms with van der Waals surface area (Å²) in [7, 11) is 1.87. The summed E-state index contributed by atoms with van der Waals surface area (Å²) in [4.78, 5) is 23.9. The number of hydrogen-bond acceptors (Lipinski definition) is 4. The van der Waals surface area contributed by atoms with E-state index in [9.17, 15) is 9.59 Å². The van der Waals surface area contributed by atoms with Gasteiger partial charge in [-0.15, -0.1) is 0 Å². The predicted molar refractivity (Wildman–Crippen MR) is 89.7 cm³/mol. The summed E-state index contributed by atoms with van der Waals surface area (Å²) in [6, 6.07) is 15.1. The Bertz CT molecular complexity index is 779. The van der Waals surface area contributed by atoms with Gasteiger partial charge in [-0.1, -0.05) is 30.3 Å². The highest BCUT2D eigenvalue weighted by molar-refractivity contribution is 6.30. The van der Waals surface area contributed by atoms with Crippen molar-refractivity contribution >= 4 is 23.1 Å². The van der Waals surface area contributed by atoms with Gasteiger partial charge in [-0.25, -0.2) is 0 Å². The fraction of sp³-hybridized carbons (Fsp3) is 0.111. The van der Waals surface area contributed by atoms with E-state index in [0.717, 1.165) is 11.3 Å². The molecule has 1 heterocycles. The van der Waals surface area contributed by atoms with E-state index in [4.69, 9.17) is 0 Å². The summed E-state index contributed by atoms with van der Waals surface area (Å²) in [6.07, 6.45) is 1.66. The van der Waals surface area contributed by atoms with Crippen LogP contribution in [0.1, 0.15) is 21.5 Å². The van der Waals surface area contributed by atoms with Gasteiger partial charge in [0.15, 0.2) is 0 Å². The summed E-state index contributed by atoms with van der Waals surface area (Å²) in [5.41, 5.74) is 3.78. The highest BCUT2D eigenvalue weighted by Crippen LogP contribution is 2.23. The number of carbonyl (C=O) groups excluding carboxylic acids is 2. The minimum Gasteiger partial charge on any atom is -0.388 e. The highest BCUT2D eigenvalue weighted by atomic mass is 16.2. The third-order valence-corrected chi connectivity index (χ3v) is 3.73. The van der Waals surface area contributed by atoms with Gasteiger partial charge in [-0.3, -0.25) is 14.9 Å². The second-order valence-corrected chi connectivity index (χ2v) is 5.21. The molecule has 23 heavy (non-hydrogen) atoms. The van der Waals surface area contributed by atoms with E-state index in [-0.39, 0.29) is 11.8 Å². The first-order valence-electron chi connectivity index (χ1n) is 7.34. The molecular formula is C18H17N3O2. The normalized spacial score (nSPS) is 15.1. The summed E-state index contributed by atoms with van der Waals surface area (Å²) in [5.74, 6) is -0.739. The van der Waals surface area contributed by atoms with Gasteiger partial charge in [0.05, 0.1) is 5.57 Å². The molecular weight excluding hydrogens is 290 g/mol. The molecule has 0 radical (unpaired) electrons. The van der Waals surface area contributed by atoms with Crippen LogP contribution in [0, 0.1) is 0 Å². The quantitative estimate of drug-likeness (QED) is 0.598. The van der Waals surface area contributed by atoms with Crippen molar-refractivity contribution in [1.82, 2.24) is 10.6 Å². The van der Waals surface area contributed by atoms with Crippen LogP contribution in [0.3, 0.4) is 0 Å². The molecule has 0 bridgehead atoms. The van der Waals surface area contributed by atoms with Gasteiger partial charge < -0.3 is 10.6 Å². The first-order valence-corrected chi connectivity index (χ1v) is 7.34. The van der Waals surface area contributed by atoms with E-state index in [2.05, 4.69) is 16.0 Å². The van der Waals surface area contributed by atoms with Gasteiger partial charge in [0, 0.05) is 36.6 Å². The van der Waals surface area contributed by atoms with Crippen molar-refractivity contribution in [3.05, 3.63) is 71.4 Å². The molecule has 0 saturated heterocycles. The Morgan fingerprint density at radius 2 is 1.65 bits per heavy atom. The number of imide groups is 1. The monoisotopic (exact) mass is 307 g/mol. The van der Waals surface area contributed by atoms with Crippen molar-refractivity contribution in [2.24, 2.45) is 0 Å². The molecule has 2 amide bonds. The maximum atomic E-state index is 12.0. The fourth-order valence-electron chi connectivity index (χ4n) is 2.48. The number of rotatable bonds is 4. The van der Waals surface area contributed by atoms with E-state index in [1.807, 2.05) is 37.4 Å². The Labute approximate surface area is 134 Å². The SMILES string of the molecule is CNc1ccc(CN/C=C2\C(=O)NC(=O)c3ccccc32)cc1. The zero-order valence-electron chi connectivity index (χ0n) is 12.7. The van der Waals surface area contributed by atoms with Crippen LogP contribution in [0.5, 0.6) is 0 Å².